The Hall–Kier alpha value is -3.48. The van der Waals surface area contributed by atoms with Gasteiger partial charge in [0.1, 0.15) is 11.6 Å². The van der Waals surface area contributed by atoms with E-state index in [0.29, 0.717) is 28.5 Å². The van der Waals surface area contributed by atoms with Gasteiger partial charge in [0.25, 0.3) is 5.91 Å². The Morgan fingerprint density at radius 1 is 1.07 bits per heavy atom. The molecule has 27 heavy (non-hydrogen) atoms. The summed E-state index contributed by atoms with van der Waals surface area (Å²) in [7, 11) is 0. The van der Waals surface area contributed by atoms with Crippen molar-refractivity contribution >= 4 is 23.3 Å². The number of aromatic nitrogens is 2. The molecule has 2 aromatic heterocycles. The van der Waals surface area contributed by atoms with E-state index < -0.39 is 5.92 Å². The predicted octanol–water partition coefficient (Wildman–Crippen LogP) is 3.68. The smallest absolute Gasteiger partial charge is 0.256 e. The second-order valence-corrected chi connectivity index (χ2v) is 6.20. The first-order valence-electron chi connectivity index (χ1n) is 8.52. The number of nitrogens with one attached hydrogen (secondary N) is 2. The molecule has 1 aromatic carbocycles. The zero-order chi connectivity index (χ0) is 19.4. The van der Waals surface area contributed by atoms with Gasteiger partial charge in [0, 0.05) is 23.0 Å². The predicted molar refractivity (Wildman–Crippen MR) is 102 cm³/mol. The Labute approximate surface area is 156 Å². The molecule has 0 spiro atoms. The molecule has 1 unspecified atom stereocenters. The summed E-state index contributed by atoms with van der Waals surface area (Å²) in [6.45, 7) is 5.37. The monoisotopic (exact) mass is 364 g/mol. The fourth-order valence-electron chi connectivity index (χ4n) is 2.85. The quantitative estimate of drug-likeness (QED) is 0.720. The highest BCUT2D eigenvalue weighted by molar-refractivity contribution is 6.05. The SMILES string of the molecule is Cc1noc(C)c1C(C)C(=O)Nc1cccc(C(=O)Nc2ccccn2)c1. The lowest BCUT2D eigenvalue weighted by Crippen LogP contribution is -2.20. The number of carbonyl (C=O) groups is 2. The molecule has 2 amide bonds. The molecule has 138 valence electrons. The van der Waals surface area contributed by atoms with Gasteiger partial charge in [-0.1, -0.05) is 17.3 Å². The fraction of sp³-hybridized carbons (Fsp3) is 0.200. The molecule has 2 heterocycles. The summed E-state index contributed by atoms with van der Waals surface area (Å²) in [5.74, 6) is 0.153. The number of benzene rings is 1. The maximum Gasteiger partial charge on any atom is 0.256 e. The number of aryl methyl sites for hydroxylation is 2. The van der Waals surface area contributed by atoms with E-state index in [4.69, 9.17) is 4.52 Å². The summed E-state index contributed by atoms with van der Waals surface area (Å²) in [4.78, 5) is 29.0. The molecule has 3 aromatic rings. The third-order valence-corrected chi connectivity index (χ3v) is 4.21. The molecule has 0 saturated carbocycles. The van der Waals surface area contributed by atoms with E-state index >= 15 is 0 Å². The van der Waals surface area contributed by atoms with E-state index in [9.17, 15) is 9.59 Å². The maximum atomic E-state index is 12.6. The first-order valence-corrected chi connectivity index (χ1v) is 8.52. The van der Waals surface area contributed by atoms with E-state index in [2.05, 4.69) is 20.8 Å². The second-order valence-electron chi connectivity index (χ2n) is 6.20. The van der Waals surface area contributed by atoms with Crippen molar-refractivity contribution in [3.8, 4) is 0 Å². The standard InChI is InChI=1S/C20H20N4O3/c1-12(18-13(2)24-27-14(18)3)19(25)22-16-8-6-7-15(11-16)20(26)23-17-9-4-5-10-21-17/h4-12H,1-3H3,(H,22,25)(H,21,23,26). The van der Waals surface area contributed by atoms with Crippen LogP contribution in [0.3, 0.4) is 0 Å². The van der Waals surface area contributed by atoms with Crippen LogP contribution in [-0.4, -0.2) is 22.0 Å². The van der Waals surface area contributed by atoms with Gasteiger partial charge in [-0.2, -0.15) is 0 Å². The van der Waals surface area contributed by atoms with Crippen LogP contribution in [0.1, 0.15) is 40.2 Å². The summed E-state index contributed by atoms with van der Waals surface area (Å²) >= 11 is 0. The average molecular weight is 364 g/mol. The van der Waals surface area contributed by atoms with Crippen molar-refractivity contribution in [2.45, 2.75) is 26.7 Å². The van der Waals surface area contributed by atoms with E-state index in [0.717, 1.165) is 5.56 Å². The van der Waals surface area contributed by atoms with Crippen molar-refractivity contribution in [2.24, 2.45) is 0 Å². The Morgan fingerprint density at radius 2 is 1.89 bits per heavy atom. The molecule has 7 heteroatoms. The topological polar surface area (TPSA) is 97.1 Å². The number of carbonyl (C=O) groups excluding carboxylic acids is 2. The van der Waals surface area contributed by atoms with Crippen LogP contribution in [-0.2, 0) is 4.79 Å². The minimum Gasteiger partial charge on any atom is -0.361 e. The van der Waals surface area contributed by atoms with Crippen LogP contribution in [0, 0.1) is 13.8 Å². The van der Waals surface area contributed by atoms with Crippen LogP contribution in [0.15, 0.2) is 53.2 Å². The maximum absolute atomic E-state index is 12.6. The van der Waals surface area contributed by atoms with Gasteiger partial charge >= 0.3 is 0 Å². The third-order valence-electron chi connectivity index (χ3n) is 4.21. The fourth-order valence-corrected chi connectivity index (χ4v) is 2.85. The molecule has 0 bridgehead atoms. The van der Waals surface area contributed by atoms with Crippen molar-refractivity contribution in [2.75, 3.05) is 10.6 Å². The first-order chi connectivity index (χ1) is 13.0. The highest BCUT2D eigenvalue weighted by Crippen LogP contribution is 2.24. The molecule has 0 aliphatic rings. The normalized spacial score (nSPS) is 11.7. The summed E-state index contributed by atoms with van der Waals surface area (Å²) < 4.78 is 5.14. The molecule has 0 aliphatic carbocycles. The van der Waals surface area contributed by atoms with E-state index in [1.165, 1.54) is 0 Å². The number of rotatable bonds is 5. The zero-order valence-electron chi connectivity index (χ0n) is 15.3. The van der Waals surface area contributed by atoms with E-state index in [1.807, 2.05) is 0 Å². The largest absolute Gasteiger partial charge is 0.361 e. The van der Waals surface area contributed by atoms with Gasteiger partial charge < -0.3 is 15.2 Å². The summed E-state index contributed by atoms with van der Waals surface area (Å²) in [6, 6.07) is 12.0. The molecule has 7 nitrogen and oxygen atoms in total. The summed E-state index contributed by atoms with van der Waals surface area (Å²) in [5.41, 5.74) is 2.42. The van der Waals surface area contributed by atoms with Crippen molar-refractivity contribution in [1.82, 2.24) is 10.1 Å². The molecule has 2 N–H and O–H groups in total. The highest BCUT2D eigenvalue weighted by Gasteiger charge is 2.23. The van der Waals surface area contributed by atoms with Gasteiger partial charge in [0.2, 0.25) is 5.91 Å². The molecular formula is C20H20N4O3. The Bertz CT molecular complexity index is 947. The summed E-state index contributed by atoms with van der Waals surface area (Å²) in [5, 5.41) is 9.44. The first kappa shape index (κ1) is 18.3. The molecule has 0 aliphatic heterocycles. The van der Waals surface area contributed by atoms with Crippen molar-refractivity contribution in [1.29, 1.82) is 0 Å². The third kappa shape index (κ3) is 4.20. The van der Waals surface area contributed by atoms with Gasteiger partial charge in [0.05, 0.1) is 11.6 Å². The molecular weight excluding hydrogens is 344 g/mol. The van der Waals surface area contributed by atoms with Crippen LogP contribution in [0.25, 0.3) is 0 Å². The number of anilines is 2. The van der Waals surface area contributed by atoms with Crippen molar-refractivity contribution in [3.05, 3.63) is 71.2 Å². The molecule has 0 radical (unpaired) electrons. The van der Waals surface area contributed by atoms with E-state index in [-0.39, 0.29) is 11.8 Å². The number of hydrogen-bond donors (Lipinski definition) is 2. The Balaban J connectivity index is 1.72. The molecule has 3 rings (SSSR count). The van der Waals surface area contributed by atoms with Gasteiger partial charge in [-0.3, -0.25) is 9.59 Å². The average Bonchev–Trinajstić information content (AvgIpc) is 3.00. The molecule has 0 saturated heterocycles. The van der Waals surface area contributed by atoms with Crippen LogP contribution in [0.4, 0.5) is 11.5 Å². The second kappa shape index (κ2) is 7.82. The van der Waals surface area contributed by atoms with Crippen LogP contribution in [0.5, 0.6) is 0 Å². The number of nitrogens with zero attached hydrogens (tertiary/aromatic N) is 2. The lowest BCUT2D eigenvalue weighted by molar-refractivity contribution is -0.117. The van der Waals surface area contributed by atoms with Crippen molar-refractivity contribution < 1.29 is 14.1 Å². The van der Waals surface area contributed by atoms with Crippen LogP contribution < -0.4 is 10.6 Å². The number of hydrogen-bond acceptors (Lipinski definition) is 5. The van der Waals surface area contributed by atoms with Gasteiger partial charge in [-0.15, -0.1) is 0 Å². The van der Waals surface area contributed by atoms with Gasteiger partial charge in [-0.25, -0.2) is 4.98 Å². The minimum absolute atomic E-state index is 0.202. The zero-order valence-corrected chi connectivity index (χ0v) is 15.3. The van der Waals surface area contributed by atoms with Gasteiger partial charge in [-0.05, 0) is 51.1 Å². The minimum atomic E-state index is -0.428. The van der Waals surface area contributed by atoms with Gasteiger partial charge in [0.15, 0.2) is 0 Å². The highest BCUT2D eigenvalue weighted by atomic mass is 16.5. The number of pyridine rings is 1. The lowest BCUT2D eigenvalue weighted by atomic mass is 9.98. The number of amides is 2. The molecule has 1 atom stereocenters. The van der Waals surface area contributed by atoms with Crippen LogP contribution >= 0.6 is 0 Å². The Kier molecular flexibility index (Phi) is 5.30. The Morgan fingerprint density at radius 3 is 2.56 bits per heavy atom. The lowest BCUT2D eigenvalue weighted by Gasteiger charge is -2.13. The van der Waals surface area contributed by atoms with E-state index in [1.54, 1.807) is 69.4 Å². The van der Waals surface area contributed by atoms with Crippen molar-refractivity contribution in [3.63, 3.8) is 0 Å². The summed E-state index contributed by atoms with van der Waals surface area (Å²) in [6.07, 6.45) is 1.60. The van der Waals surface area contributed by atoms with Crippen LogP contribution in [0.2, 0.25) is 0 Å². The molecule has 0 fully saturated rings.